The van der Waals surface area contributed by atoms with E-state index in [-0.39, 0.29) is 6.61 Å². The SMILES string of the molecule is CCn1nc(C)c(Cl)c1CC(O)COc1ccccc1. The van der Waals surface area contributed by atoms with E-state index in [9.17, 15) is 5.11 Å². The number of hydrogen-bond acceptors (Lipinski definition) is 3. The number of para-hydroxylation sites is 1. The number of hydrogen-bond donors (Lipinski definition) is 1. The highest BCUT2D eigenvalue weighted by atomic mass is 35.5. The van der Waals surface area contributed by atoms with Crippen LogP contribution in [0.2, 0.25) is 5.02 Å². The van der Waals surface area contributed by atoms with E-state index >= 15 is 0 Å². The van der Waals surface area contributed by atoms with Crippen LogP contribution in [0.4, 0.5) is 0 Å². The van der Waals surface area contributed by atoms with E-state index in [1.54, 1.807) is 0 Å². The summed E-state index contributed by atoms with van der Waals surface area (Å²) in [5.41, 5.74) is 1.65. The van der Waals surface area contributed by atoms with Gasteiger partial charge in [0.2, 0.25) is 0 Å². The molecule has 0 saturated carbocycles. The van der Waals surface area contributed by atoms with Crippen molar-refractivity contribution in [1.82, 2.24) is 9.78 Å². The smallest absolute Gasteiger partial charge is 0.119 e. The van der Waals surface area contributed by atoms with Crippen LogP contribution in [0.25, 0.3) is 0 Å². The Bertz CT molecular complexity index is 555. The van der Waals surface area contributed by atoms with E-state index in [4.69, 9.17) is 16.3 Å². The van der Waals surface area contributed by atoms with E-state index in [0.29, 0.717) is 11.4 Å². The molecule has 1 aromatic carbocycles. The summed E-state index contributed by atoms with van der Waals surface area (Å²) in [5, 5.41) is 15.1. The Balaban J connectivity index is 1.96. The second-order valence-electron chi connectivity index (χ2n) is 4.64. The highest BCUT2D eigenvalue weighted by Gasteiger charge is 2.16. The van der Waals surface area contributed by atoms with Gasteiger partial charge in [0.1, 0.15) is 12.4 Å². The Morgan fingerprint density at radius 1 is 1.35 bits per heavy atom. The molecule has 0 saturated heterocycles. The Morgan fingerprint density at radius 3 is 2.70 bits per heavy atom. The van der Waals surface area contributed by atoms with Crippen LogP contribution in [-0.4, -0.2) is 27.6 Å². The lowest BCUT2D eigenvalue weighted by Gasteiger charge is -2.13. The number of rotatable bonds is 6. The molecule has 5 heteroatoms. The zero-order chi connectivity index (χ0) is 14.5. The molecule has 0 aliphatic heterocycles. The predicted molar refractivity (Wildman–Crippen MR) is 79.3 cm³/mol. The van der Waals surface area contributed by atoms with Crippen molar-refractivity contribution < 1.29 is 9.84 Å². The van der Waals surface area contributed by atoms with Crippen LogP contribution in [0.1, 0.15) is 18.3 Å². The van der Waals surface area contributed by atoms with Crippen LogP contribution in [0.5, 0.6) is 5.75 Å². The second kappa shape index (κ2) is 6.77. The third-order valence-corrected chi connectivity index (χ3v) is 3.56. The van der Waals surface area contributed by atoms with Gasteiger partial charge in [-0.2, -0.15) is 5.10 Å². The monoisotopic (exact) mass is 294 g/mol. The predicted octanol–water partition coefficient (Wildman–Crippen LogP) is 2.85. The van der Waals surface area contributed by atoms with E-state index < -0.39 is 6.10 Å². The molecular formula is C15H19ClN2O2. The second-order valence-corrected chi connectivity index (χ2v) is 5.02. The molecule has 2 rings (SSSR count). The number of halogens is 1. The summed E-state index contributed by atoms with van der Waals surface area (Å²) in [5.74, 6) is 0.748. The number of aliphatic hydroxyl groups is 1. The molecule has 1 N–H and O–H groups in total. The molecule has 20 heavy (non-hydrogen) atoms. The van der Waals surface area contributed by atoms with Crippen molar-refractivity contribution in [1.29, 1.82) is 0 Å². The maximum absolute atomic E-state index is 10.1. The number of aliphatic hydroxyl groups excluding tert-OH is 1. The van der Waals surface area contributed by atoms with Gasteiger partial charge in [-0.25, -0.2) is 0 Å². The molecule has 0 amide bonds. The van der Waals surface area contributed by atoms with Crippen molar-refractivity contribution >= 4 is 11.6 Å². The van der Waals surface area contributed by atoms with Gasteiger partial charge in [-0.3, -0.25) is 4.68 Å². The molecule has 0 fully saturated rings. The zero-order valence-electron chi connectivity index (χ0n) is 11.7. The highest BCUT2D eigenvalue weighted by Crippen LogP contribution is 2.22. The van der Waals surface area contributed by atoms with Crippen LogP contribution in [0.3, 0.4) is 0 Å². The topological polar surface area (TPSA) is 47.3 Å². The molecule has 0 radical (unpaired) electrons. The molecule has 1 heterocycles. The van der Waals surface area contributed by atoms with Gasteiger partial charge in [-0.1, -0.05) is 29.8 Å². The Kier molecular flexibility index (Phi) is 5.04. The fraction of sp³-hybridized carbons (Fsp3) is 0.400. The van der Waals surface area contributed by atoms with Gasteiger partial charge < -0.3 is 9.84 Å². The van der Waals surface area contributed by atoms with Crippen LogP contribution < -0.4 is 4.74 Å². The molecule has 4 nitrogen and oxygen atoms in total. The fourth-order valence-electron chi connectivity index (χ4n) is 2.06. The lowest BCUT2D eigenvalue weighted by molar-refractivity contribution is 0.106. The Labute approximate surface area is 123 Å². The van der Waals surface area contributed by atoms with Crippen molar-refractivity contribution in [2.45, 2.75) is 32.9 Å². The molecule has 0 bridgehead atoms. The molecule has 0 aliphatic rings. The van der Waals surface area contributed by atoms with E-state index in [2.05, 4.69) is 5.10 Å². The lowest BCUT2D eigenvalue weighted by atomic mass is 10.2. The molecule has 0 spiro atoms. The Hall–Kier alpha value is -1.52. The average Bonchev–Trinajstić information content (AvgIpc) is 2.74. The van der Waals surface area contributed by atoms with Gasteiger partial charge in [0, 0.05) is 13.0 Å². The van der Waals surface area contributed by atoms with Gasteiger partial charge in [-0.15, -0.1) is 0 Å². The van der Waals surface area contributed by atoms with Crippen LogP contribution in [0, 0.1) is 6.92 Å². The quantitative estimate of drug-likeness (QED) is 0.891. The van der Waals surface area contributed by atoms with Crippen molar-refractivity contribution in [3.63, 3.8) is 0 Å². The van der Waals surface area contributed by atoms with Crippen molar-refractivity contribution in [2.75, 3.05) is 6.61 Å². The summed E-state index contributed by atoms with van der Waals surface area (Å²) in [6, 6.07) is 9.44. The van der Waals surface area contributed by atoms with Crippen molar-refractivity contribution in [3.8, 4) is 5.75 Å². The number of benzene rings is 1. The molecule has 0 aliphatic carbocycles. The first-order chi connectivity index (χ1) is 9.61. The van der Waals surface area contributed by atoms with Gasteiger partial charge in [0.15, 0.2) is 0 Å². The third kappa shape index (κ3) is 3.52. The maximum Gasteiger partial charge on any atom is 0.119 e. The summed E-state index contributed by atoms with van der Waals surface area (Å²) in [6.07, 6.45) is -0.186. The van der Waals surface area contributed by atoms with E-state index in [1.165, 1.54) is 0 Å². The lowest BCUT2D eigenvalue weighted by Crippen LogP contribution is -2.22. The first kappa shape index (κ1) is 14.9. The first-order valence-electron chi connectivity index (χ1n) is 6.69. The highest BCUT2D eigenvalue weighted by molar-refractivity contribution is 6.31. The first-order valence-corrected chi connectivity index (χ1v) is 7.07. The molecule has 1 atom stereocenters. The van der Waals surface area contributed by atoms with Crippen LogP contribution in [-0.2, 0) is 13.0 Å². The summed E-state index contributed by atoms with van der Waals surface area (Å²) in [7, 11) is 0. The molecule has 108 valence electrons. The van der Waals surface area contributed by atoms with Gasteiger partial charge in [0.05, 0.1) is 22.5 Å². The number of aromatic nitrogens is 2. The number of nitrogens with zero attached hydrogens (tertiary/aromatic N) is 2. The van der Waals surface area contributed by atoms with Crippen molar-refractivity contribution in [2.24, 2.45) is 0 Å². The van der Waals surface area contributed by atoms with Crippen LogP contribution in [0.15, 0.2) is 30.3 Å². The average molecular weight is 295 g/mol. The van der Waals surface area contributed by atoms with E-state index in [1.807, 2.05) is 48.9 Å². The van der Waals surface area contributed by atoms with Gasteiger partial charge in [0.25, 0.3) is 0 Å². The van der Waals surface area contributed by atoms with Gasteiger partial charge in [-0.05, 0) is 26.0 Å². The molecule has 1 unspecified atom stereocenters. The maximum atomic E-state index is 10.1. The molecule has 2 aromatic rings. The fourth-order valence-corrected chi connectivity index (χ4v) is 2.27. The minimum Gasteiger partial charge on any atom is -0.491 e. The third-order valence-electron chi connectivity index (χ3n) is 3.07. The minimum absolute atomic E-state index is 0.230. The summed E-state index contributed by atoms with van der Waals surface area (Å²) < 4.78 is 7.36. The normalized spacial score (nSPS) is 12.4. The summed E-state index contributed by atoms with van der Waals surface area (Å²) in [6.45, 7) is 4.83. The minimum atomic E-state index is -0.617. The zero-order valence-corrected chi connectivity index (χ0v) is 12.5. The number of aryl methyl sites for hydroxylation is 2. The summed E-state index contributed by atoms with van der Waals surface area (Å²) >= 11 is 6.22. The Morgan fingerprint density at radius 2 is 2.05 bits per heavy atom. The molecular weight excluding hydrogens is 276 g/mol. The van der Waals surface area contributed by atoms with Crippen LogP contribution >= 0.6 is 11.6 Å². The van der Waals surface area contributed by atoms with Gasteiger partial charge >= 0.3 is 0 Å². The largest absolute Gasteiger partial charge is 0.491 e. The van der Waals surface area contributed by atoms with Crippen molar-refractivity contribution in [3.05, 3.63) is 46.7 Å². The standard InChI is InChI=1S/C15H19ClN2O2/c1-3-18-14(15(16)11(2)17-18)9-12(19)10-20-13-7-5-4-6-8-13/h4-8,12,19H,3,9-10H2,1-2H3. The summed E-state index contributed by atoms with van der Waals surface area (Å²) in [4.78, 5) is 0. The van der Waals surface area contributed by atoms with E-state index in [0.717, 1.165) is 23.7 Å². The molecule has 1 aromatic heterocycles. The number of ether oxygens (including phenoxy) is 1.